The molecule has 2 N–H and O–H groups in total. The average Bonchev–Trinajstić information content (AvgIpc) is 2.48. The molecule has 1 aromatic rings. The Labute approximate surface area is 76.4 Å². The summed E-state index contributed by atoms with van der Waals surface area (Å²) < 4.78 is 1.61. The molecule has 0 aliphatic carbocycles. The molecule has 1 rings (SSSR count). The number of nitrogens with zero attached hydrogens (tertiary/aromatic N) is 2. The van der Waals surface area contributed by atoms with Crippen LogP contribution in [0.15, 0.2) is 25.0 Å². The third-order valence-electron chi connectivity index (χ3n) is 1.37. The minimum atomic E-state index is -0.257. The molecule has 13 heavy (non-hydrogen) atoms. The van der Waals surface area contributed by atoms with E-state index in [0.717, 1.165) is 0 Å². The summed E-state index contributed by atoms with van der Waals surface area (Å²) in [6, 6.07) is -0.257. The highest BCUT2D eigenvalue weighted by Crippen LogP contribution is 2.01. The Kier molecular flexibility index (Phi) is 3.08. The number of hydrogen-bond donors (Lipinski definition) is 2. The Hall–Kier alpha value is -1.78. The van der Waals surface area contributed by atoms with E-state index in [1.807, 2.05) is 0 Å². The molecular formula is C8H12N4O. The van der Waals surface area contributed by atoms with Gasteiger partial charge in [-0.05, 0) is 0 Å². The van der Waals surface area contributed by atoms with E-state index in [-0.39, 0.29) is 6.03 Å². The van der Waals surface area contributed by atoms with Crippen LogP contribution in [0.1, 0.15) is 0 Å². The summed E-state index contributed by atoms with van der Waals surface area (Å²) in [7, 11) is 1.78. The van der Waals surface area contributed by atoms with Gasteiger partial charge in [0, 0.05) is 19.8 Å². The Morgan fingerprint density at radius 3 is 3.15 bits per heavy atom. The lowest BCUT2D eigenvalue weighted by atomic mass is 10.5. The summed E-state index contributed by atoms with van der Waals surface area (Å²) >= 11 is 0. The molecule has 0 aromatic carbocycles. The fourth-order valence-corrected chi connectivity index (χ4v) is 0.826. The fraction of sp³-hybridized carbons (Fsp3) is 0.250. The van der Waals surface area contributed by atoms with Crippen LogP contribution in [0.3, 0.4) is 0 Å². The maximum absolute atomic E-state index is 11.1. The van der Waals surface area contributed by atoms with Crippen molar-refractivity contribution in [2.24, 2.45) is 7.05 Å². The normalized spacial score (nSPS) is 9.31. The summed E-state index contributed by atoms with van der Waals surface area (Å²) in [6.07, 6.45) is 4.91. The molecule has 5 nitrogen and oxygen atoms in total. The SMILES string of the molecule is C=CCNC(=O)Nc1cnn(C)c1. The van der Waals surface area contributed by atoms with E-state index in [0.29, 0.717) is 12.2 Å². The third-order valence-corrected chi connectivity index (χ3v) is 1.37. The monoisotopic (exact) mass is 180 g/mol. The van der Waals surface area contributed by atoms with Crippen LogP contribution in [-0.2, 0) is 7.05 Å². The van der Waals surface area contributed by atoms with Gasteiger partial charge in [-0.15, -0.1) is 6.58 Å². The summed E-state index contributed by atoms with van der Waals surface area (Å²) in [4.78, 5) is 11.1. The minimum absolute atomic E-state index is 0.257. The number of aryl methyl sites for hydroxylation is 1. The van der Waals surface area contributed by atoms with Crippen molar-refractivity contribution in [3.63, 3.8) is 0 Å². The molecule has 70 valence electrons. The number of carbonyl (C=O) groups is 1. The van der Waals surface area contributed by atoms with Crippen molar-refractivity contribution in [2.75, 3.05) is 11.9 Å². The predicted octanol–water partition coefficient (Wildman–Crippen LogP) is 0.728. The highest BCUT2D eigenvalue weighted by molar-refractivity contribution is 5.88. The van der Waals surface area contributed by atoms with E-state index in [9.17, 15) is 4.79 Å². The molecule has 0 saturated carbocycles. The van der Waals surface area contributed by atoms with Crippen LogP contribution in [0.4, 0.5) is 10.5 Å². The molecule has 0 spiro atoms. The van der Waals surface area contributed by atoms with Gasteiger partial charge in [-0.2, -0.15) is 5.10 Å². The second-order valence-electron chi connectivity index (χ2n) is 2.53. The molecular weight excluding hydrogens is 168 g/mol. The number of carbonyl (C=O) groups excluding carboxylic acids is 1. The molecule has 0 radical (unpaired) electrons. The lowest BCUT2D eigenvalue weighted by Crippen LogP contribution is -2.28. The van der Waals surface area contributed by atoms with Gasteiger partial charge in [0.2, 0.25) is 0 Å². The molecule has 0 fully saturated rings. The van der Waals surface area contributed by atoms with Gasteiger partial charge < -0.3 is 10.6 Å². The van der Waals surface area contributed by atoms with Crippen molar-refractivity contribution in [3.8, 4) is 0 Å². The van der Waals surface area contributed by atoms with E-state index >= 15 is 0 Å². The largest absolute Gasteiger partial charge is 0.334 e. The van der Waals surface area contributed by atoms with Gasteiger partial charge >= 0.3 is 6.03 Å². The van der Waals surface area contributed by atoms with Crippen LogP contribution in [0.5, 0.6) is 0 Å². The number of urea groups is 1. The van der Waals surface area contributed by atoms with Crippen molar-refractivity contribution in [1.82, 2.24) is 15.1 Å². The Balaban J connectivity index is 2.40. The van der Waals surface area contributed by atoms with Gasteiger partial charge in [-0.3, -0.25) is 4.68 Å². The minimum Gasteiger partial charge on any atom is -0.334 e. The van der Waals surface area contributed by atoms with Crippen molar-refractivity contribution in [2.45, 2.75) is 0 Å². The second-order valence-corrected chi connectivity index (χ2v) is 2.53. The number of rotatable bonds is 3. The lowest BCUT2D eigenvalue weighted by molar-refractivity contribution is 0.253. The van der Waals surface area contributed by atoms with Crippen molar-refractivity contribution in [1.29, 1.82) is 0 Å². The summed E-state index contributed by atoms with van der Waals surface area (Å²) in [5, 5.41) is 9.11. The maximum Gasteiger partial charge on any atom is 0.319 e. The van der Waals surface area contributed by atoms with Crippen molar-refractivity contribution in [3.05, 3.63) is 25.0 Å². The highest BCUT2D eigenvalue weighted by atomic mass is 16.2. The zero-order chi connectivity index (χ0) is 9.68. The van der Waals surface area contributed by atoms with Gasteiger partial charge in [0.05, 0.1) is 11.9 Å². The van der Waals surface area contributed by atoms with Crippen LogP contribution < -0.4 is 10.6 Å². The molecule has 0 aliphatic rings. The molecule has 0 bridgehead atoms. The lowest BCUT2D eigenvalue weighted by Gasteiger charge is -2.01. The standard InChI is InChI=1S/C8H12N4O/c1-3-4-9-8(13)11-7-5-10-12(2)6-7/h3,5-6H,1,4H2,2H3,(H2,9,11,13). The molecule has 0 unspecified atom stereocenters. The van der Waals surface area contributed by atoms with E-state index < -0.39 is 0 Å². The zero-order valence-electron chi connectivity index (χ0n) is 7.45. The molecule has 5 heteroatoms. The summed E-state index contributed by atoms with van der Waals surface area (Å²) in [5.74, 6) is 0. The Bertz CT molecular complexity index is 305. The first kappa shape index (κ1) is 9.31. The van der Waals surface area contributed by atoms with Gasteiger partial charge in [-0.1, -0.05) is 6.08 Å². The van der Waals surface area contributed by atoms with Gasteiger partial charge in [0.15, 0.2) is 0 Å². The molecule has 0 saturated heterocycles. The first-order valence-electron chi connectivity index (χ1n) is 3.87. The number of anilines is 1. The quantitative estimate of drug-likeness (QED) is 0.673. The molecule has 2 amide bonds. The Morgan fingerprint density at radius 2 is 2.62 bits per heavy atom. The van der Waals surface area contributed by atoms with Gasteiger partial charge in [0.25, 0.3) is 0 Å². The molecule has 1 aromatic heterocycles. The number of aromatic nitrogens is 2. The van der Waals surface area contributed by atoms with Crippen LogP contribution in [0.2, 0.25) is 0 Å². The third kappa shape index (κ3) is 2.98. The highest BCUT2D eigenvalue weighted by Gasteiger charge is 2.00. The second kappa shape index (κ2) is 4.30. The van der Waals surface area contributed by atoms with Gasteiger partial charge in [-0.25, -0.2) is 4.79 Å². The zero-order valence-corrected chi connectivity index (χ0v) is 7.45. The van der Waals surface area contributed by atoms with E-state index in [1.54, 1.807) is 30.2 Å². The smallest absolute Gasteiger partial charge is 0.319 e. The molecule has 0 aliphatic heterocycles. The number of hydrogen-bond acceptors (Lipinski definition) is 2. The first-order valence-corrected chi connectivity index (χ1v) is 3.87. The first-order chi connectivity index (χ1) is 6.22. The van der Waals surface area contributed by atoms with Crippen LogP contribution in [0.25, 0.3) is 0 Å². The fourth-order valence-electron chi connectivity index (χ4n) is 0.826. The molecule has 0 atom stereocenters. The number of nitrogens with one attached hydrogen (secondary N) is 2. The average molecular weight is 180 g/mol. The van der Waals surface area contributed by atoms with Crippen molar-refractivity contribution < 1.29 is 4.79 Å². The van der Waals surface area contributed by atoms with Crippen LogP contribution >= 0.6 is 0 Å². The Morgan fingerprint density at radius 1 is 1.85 bits per heavy atom. The summed E-state index contributed by atoms with van der Waals surface area (Å²) in [6.45, 7) is 3.94. The number of amides is 2. The van der Waals surface area contributed by atoms with Crippen LogP contribution in [-0.4, -0.2) is 22.4 Å². The van der Waals surface area contributed by atoms with Gasteiger partial charge in [0.1, 0.15) is 0 Å². The van der Waals surface area contributed by atoms with Crippen molar-refractivity contribution >= 4 is 11.7 Å². The summed E-state index contributed by atoms with van der Waals surface area (Å²) in [5.41, 5.74) is 0.670. The predicted molar refractivity (Wildman–Crippen MR) is 50.4 cm³/mol. The van der Waals surface area contributed by atoms with Crippen LogP contribution in [0, 0.1) is 0 Å². The van der Waals surface area contributed by atoms with E-state index in [4.69, 9.17) is 0 Å². The topological polar surface area (TPSA) is 59.0 Å². The van der Waals surface area contributed by atoms with E-state index in [2.05, 4.69) is 22.3 Å². The van der Waals surface area contributed by atoms with E-state index in [1.165, 1.54) is 0 Å². The maximum atomic E-state index is 11.1. The molecule has 1 heterocycles.